The van der Waals surface area contributed by atoms with Gasteiger partial charge in [-0.3, -0.25) is 5.26 Å². The quantitative estimate of drug-likeness (QED) is 0.485. The van der Waals surface area contributed by atoms with Crippen molar-refractivity contribution >= 4 is 0 Å². The zero-order valence-electron chi connectivity index (χ0n) is 5.13. The van der Waals surface area contributed by atoms with Crippen molar-refractivity contribution in [3.63, 3.8) is 0 Å². The minimum Gasteiger partial charge on any atom is -0.466 e. The highest BCUT2D eigenvalue weighted by Crippen LogP contribution is 2.05. The van der Waals surface area contributed by atoms with Gasteiger partial charge in [-0.15, -0.1) is 0 Å². The molecule has 0 aliphatic heterocycles. The van der Waals surface area contributed by atoms with Crippen LogP contribution in [0.5, 0.6) is 0 Å². The van der Waals surface area contributed by atoms with Crippen LogP contribution in [-0.2, 0) is 11.5 Å². The summed E-state index contributed by atoms with van der Waals surface area (Å²) in [7, 11) is 0. The van der Waals surface area contributed by atoms with Gasteiger partial charge in [0.05, 0.1) is 6.26 Å². The molecule has 50 valence electrons. The molecule has 1 rings (SSSR count). The van der Waals surface area contributed by atoms with Crippen LogP contribution in [0, 0.1) is 6.92 Å². The van der Waals surface area contributed by atoms with E-state index in [9.17, 15) is 0 Å². The first-order valence-corrected chi connectivity index (χ1v) is 2.63. The van der Waals surface area contributed by atoms with E-state index in [1.54, 1.807) is 12.3 Å². The van der Waals surface area contributed by atoms with Crippen LogP contribution >= 0.6 is 0 Å². The fraction of sp³-hybridized carbons (Fsp3) is 0.333. The molecule has 0 saturated carbocycles. The molecule has 0 atom stereocenters. The van der Waals surface area contributed by atoms with Gasteiger partial charge in [0.15, 0.2) is 0 Å². The molecule has 0 spiro atoms. The van der Waals surface area contributed by atoms with Gasteiger partial charge in [-0.25, -0.2) is 4.89 Å². The van der Waals surface area contributed by atoms with Crippen LogP contribution in [0.15, 0.2) is 16.7 Å². The minimum absolute atomic E-state index is 0.119. The molecule has 1 N–H and O–H groups in total. The monoisotopic (exact) mass is 128 g/mol. The van der Waals surface area contributed by atoms with E-state index in [1.807, 2.05) is 6.92 Å². The van der Waals surface area contributed by atoms with E-state index in [0.29, 0.717) is 5.76 Å². The van der Waals surface area contributed by atoms with Gasteiger partial charge in [0.1, 0.15) is 12.4 Å². The number of hydrogen-bond acceptors (Lipinski definition) is 3. The van der Waals surface area contributed by atoms with E-state index in [0.717, 1.165) is 5.56 Å². The third kappa shape index (κ3) is 1.55. The van der Waals surface area contributed by atoms with Crippen molar-refractivity contribution in [3.05, 3.63) is 23.7 Å². The summed E-state index contributed by atoms with van der Waals surface area (Å²) in [5, 5.41) is 7.97. The highest BCUT2D eigenvalue weighted by atomic mass is 17.1. The SMILES string of the molecule is Cc1coc(COO)c1. The number of furan rings is 1. The second-order valence-corrected chi connectivity index (χ2v) is 1.86. The van der Waals surface area contributed by atoms with Crippen molar-refractivity contribution in [2.45, 2.75) is 13.5 Å². The lowest BCUT2D eigenvalue weighted by Crippen LogP contribution is -1.82. The van der Waals surface area contributed by atoms with E-state index >= 15 is 0 Å². The van der Waals surface area contributed by atoms with Crippen molar-refractivity contribution in [1.29, 1.82) is 0 Å². The summed E-state index contributed by atoms with van der Waals surface area (Å²) < 4.78 is 4.92. The molecular weight excluding hydrogens is 120 g/mol. The van der Waals surface area contributed by atoms with E-state index in [4.69, 9.17) is 9.67 Å². The van der Waals surface area contributed by atoms with Gasteiger partial charge >= 0.3 is 0 Å². The molecule has 0 aliphatic rings. The molecule has 3 heteroatoms. The minimum atomic E-state index is 0.119. The first-order chi connectivity index (χ1) is 4.33. The maximum atomic E-state index is 7.97. The van der Waals surface area contributed by atoms with Crippen molar-refractivity contribution < 1.29 is 14.6 Å². The molecule has 1 aromatic rings. The van der Waals surface area contributed by atoms with Gasteiger partial charge in [0.25, 0.3) is 0 Å². The van der Waals surface area contributed by atoms with E-state index in [-0.39, 0.29) is 6.61 Å². The lowest BCUT2D eigenvalue weighted by Gasteiger charge is -1.86. The van der Waals surface area contributed by atoms with Gasteiger partial charge in [-0.05, 0) is 18.6 Å². The third-order valence-corrected chi connectivity index (χ3v) is 0.992. The molecule has 0 aromatic carbocycles. The Hall–Kier alpha value is -0.800. The number of aryl methyl sites for hydroxylation is 1. The first-order valence-electron chi connectivity index (χ1n) is 2.63. The van der Waals surface area contributed by atoms with Crippen LogP contribution in [0.2, 0.25) is 0 Å². The second-order valence-electron chi connectivity index (χ2n) is 1.86. The Kier molecular flexibility index (Phi) is 1.87. The number of hydrogen-bond donors (Lipinski definition) is 1. The van der Waals surface area contributed by atoms with Crippen molar-refractivity contribution in [3.8, 4) is 0 Å². The number of rotatable bonds is 2. The van der Waals surface area contributed by atoms with Crippen LogP contribution in [0.1, 0.15) is 11.3 Å². The average Bonchev–Trinajstić information content (AvgIpc) is 2.17. The summed E-state index contributed by atoms with van der Waals surface area (Å²) in [6.07, 6.45) is 1.61. The fourth-order valence-corrected chi connectivity index (χ4v) is 0.630. The highest BCUT2D eigenvalue weighted by Gasteiger charge is 1.95. The van der Waals surface area contributed by atoms with Crippen molar-refractivity contribution in [2.75, 3.05) is 0 Å². The second kappa shape index (κ2) is 2.66. The van der Waals surface area contributed by atoms with E-state index in [1.165, 1.54) is 0 Å². The van der Waals surface area contributed by atoms with Gasteiger partial charge in [-0.2, -0.15) is 0 Å². The summed E-state index contributed by atoms with van der Waals surface area (Å²) in [5.41, 5.74) is 1.03. The topological polar surface area (TPSA) is 42.6 Å². The molecule has 0 fully saturated rings. The lowest BCUT2D eigenvalue weighted by atomic mass is 10.3. The Bertz CT molecular complexity index is 180. The summed E-state index contributed by atoms with van der Waals surface area (Å²) in [5.74, 6) is 0.634. The molecular formula is C6H8O3. The van der Waals surface area contributed by atoms with Crippen molar-refractivity contribution in [1.82, 2.24) is 0 Å². The Labute approximate surface area is 52.8 Å². The summed E-state index contributed by atoms with van der Waals surface area (Å²) in [6.45, 7) is 2.03. The molecule has 9 heavy (non-hydrogen) atoms. The van der Waals surface area contributed by atoms with E-state index < -0.39 is 0 Å². The van der Waals surface area contributed by atoms with Gasteiger partial charge in [-0.1, -0.05) is 0 Å². The molecule has 0 aliphatic carbocycles. The van der Waals surface area contributed by atoms with Crippen LogP contribution < -0.4 is 0 Å². The maximum absolute atomic E-state index is 7.97. The Morgan fingerprint density at radius 1 is 1.78 bits per heavy atom. The van der Waals surface area contributed by atoms with Gasteiger partial charge in [0.2, 0.25) is 0 Å². The molecule has 1 heterocycles. The summed E-state index contributed by atoms with van der Waals surface area (Å²) in [6, 6.07) is 1.80. The molecule has 0 saturated heterocycles. The van der Waals surface area contributed by atoms with E-state index in [2.05, 4.69) is 4.89 Å². The Balaban J connectivity index is 2.61. The summed E-state index contributed by atoms with van der Waals surface area (Å²) in [4.78, 5) is 3.85. The van der Waals surface area contributed by atoms with Crippen LogP contribution in [0.3, 0.4) is 0 Å². The van der Waals surface area contributed by atoms with Crippen LogP contribution in [0.25, 0.3) is 0 Å². The molecule has 0 bridgehead atoms. The zero-order valence-corrected chi connectivity index (χ0v) is 5.13. The normalized spacial score (nSPS) is 10.0. The zero-order chi connectivity index (χ0) is 6.69. The maximum Gasteiger partial charge on any atom is 0.140 e. The largest absolute Gasteiger partial charge is 0.466 e. The molecule has 3 nitrogen and oxygen atoms in total. The predicted molar refractivity (Wildman–Crippen MR) is 30.9 cm³/mol. The Morgan fingerprint density at radius 2 is 2.56 bits per heavy atom. The lowest BCUT2D eigenvalue weighted by molar-refractivity contribution is -0.256. The van der Waals surface area contributed by atoms with Gasteiger partial charge in [0, 0.05) is 0 Å². The Morgan fingerprint density at radius 3 is 3.00 bits per heavy atom. The molecule has 1 aromatic heterocycles. The summed E-state index contributed by atoms with van der Waals surface area (Å²) >= 11 is 0. The van der Waals surface area contributed by atoms with Crippen molar-refractivity contribution in [2.24, 2.45) is 0 Å². The fourth-order valence-electron chi connectivity index (χ4n) is 0.630. The first kappa shape index (κ1) is 6.32. The third-order valence-electron chi connectivity index (χ3n) is 0.992. The highest BCUT2D eigenvalue weighted by molar-refractivity contribution is 5.09. The van der Waals surface area contributed by atoms with Crippen LogP contribution in [-0.4, -0.2) is 5.26 Å². The van der Waals surface area contributed by atoms with Crippen LogP contribution in [0.4, 0.5) is 0 Å². The average molecular weight is 128 g/mol. The molecule has 0 amide bonds. The predicted octanol–water partition coefficient (Wildman–Crippen LogP) is 1.58. The molecule has 0 unspecified atom stereocenters. The standard InChI is InChI=1S/C6H8O3/c1-5-2-6(4-9-7)8-3-5/h2-3,7H,4H2,1H3. The smallest absolute Gasteiger partial charge is 0.140 e. The molecule has 0 radical (unpaired) electrons. The van der Waals surface area contributed by atoms with Gasteiger partial charge < -0.3 is 4.42 Å².